The maximum atomic E-state index is 13.5. The van der Waals surface area contributed by atoms with Crippen LogP contribution >= 0.6 is 11.3 Å². The molecule has 0 unspecified atom stereocenters. The third-order valence-electron chi connectivity index (χ3n) is 6.08. The van der Waals surface area contributed by atoms with E-state index in [4.69, 9.17) is 14.2 Å². The number of benzene rings is 3. The van der Waals surface area contributed by atoms with Gasteiger partial charge < -0.3 is 19.3 Å². The number of aromatic nitrogens is 1. The van der Waals surface area contributed by atoms with Crippen LogP contribution < -0.4 is 19.1 Å². The standard InChI is InChI=1S/C28H24N2O6S/c1-4-36-18-11-12-19-22(15-18)37-28(29-19)30-24(17-10-13-20(34-2)21(14-17)35-3)23(26(32)27(30)33)25(31)16-8-6-5-7-9-16/h5-15,24,31H,4H2,1-3H3/b25-23+/t24-/m1/s1. The highest BCUT2D eigenvalue weighted by atomic mass is 32.1. The Hall–Kier alpha value is -4.37. The number of amides is 1. The number of nitrogens with zero attached hydrogens (tertiary/aromatic N) is 2. The summed E-state index contributed by atoms with van der Waals surface area (Å²) in [7, 11) is 3.03. The summed E-state index contributed by atoms with van der Waals surface area (Å²) < 4.78 is 17.2. The van der Waals surface area contributed by atoms with E-state index >= 15 is 0 Å². The van der Waals surface area contributed by atoms with Crippen LogP contribution in [0.25, 0.3) is 16.0 Å². The van der Waals surface area contributed by atoms with Gasteiger partial charge >= 0.3 is 5.91 Å². The van der Waals surface area contributed by atoms with Crippen molar-refractivity contribution in [2.75, 3.05) is 25.7 Å². The normalized spacial score (nSPS) is 16.8. The molecule has 8 nitrogen and oxygen atoms in total. The van der Waals surface area contributed by atoms with E-state index < -0.39 is 17.7 Å². The van der Waals surface area contributed by atoms with Gasteiger partial charge in [-0.25, -0.2) is 4.98 Å². The number of ether oxygens (including phenoxy) is 3. The number of carbonyl (C=O) groups excluding carboxylic acids is 2. The Morgan fingerprint density at radius 1 is 1.00 bits per heavy atom. The van der Waals surface area contributed by atoms with Crippen LogP contribution in [0.3, 0.4) is 0 Å². The van der Waals surface area contributed by atoms with E-state index in [1.54, 1.807) is 48.5 Å². The predicted octanol–water partition coefficient (Wildman–Crippen LogP) is 5.34. The van der Waals surface area contributed by atoms with E-state index in [-0.39, 0.29) is 11.3 Å². The molecule has 4 aromatic rings. The number of anilines is 1. The zero-order valence-electron chi connectivity index (χ0n) is 20.4. The van der Waals surface area contributed by atoms with Crippen LogP contribution in [0.5, 0.6) is 17.2 Å². The lowest BCUT2D eigenvalue weighted by Crippen LogP contribution is -2.29. The van der Waals surface area contributed by atoms with Gasteiger partial charge in [0.15, 0.2) is 16.6 Å². The average molecular weight is 517 g/mol. The van der Waals surface area contributed by atoms with Crippen molar-refractivity contribution in [1.29, 1.82) is 0 Å². The van der Waals surface area contributed by atoms with Gasteiger partial charge in [0.1, 0.15) is 11.5 Å². The number of methoxy groups -OCH3 is 2. The lowest BCUT2D eigenvalue weighted by molar-refractivity contribution is -0.132. The minimum absolute atomic E-state index is 0.0299. The Labute approximate surface area is 217 Å². The van der Waals surface area contributed by atoms with Crippen molar-refractivity contribution in [1.82, 2.24) is 4.98 Å². The molecule has 0 spiro atoms. The third-order valence-corrected chi connectivity index (χ3v) is 7.10. The number of hydrogen-bond acceptors (Lipinski definition) is 8. The predicted molar refractivity (Wildman–Crippen MR) is 142 cm³/mol. The number of hydrogen-bond donors (Lipinski definition) is 1. The molecule has 0 bridgehead atoms. The Kier molecular flexibility index (Phi) is 6.54. The zero-order valence-corrected chi connectivity index (χ0v) is 21.2. The van der Waals surface area contributed by atoms with Crippen molar-refractivity contribution >= 4 is 44.1 Å². The molecular formula is C28H24N2O6S. The second-order valence-corrected chi connectivity index (χ2v) is 9.22. The summed E-state index contributed by atoms with van der Waals surface area (Å²) in [5.74, 6) is -0.226. The van der Waals surface area contributed by atoms with Gasteiger partial charge in [0.2, 0.25) is 0 Å². The lowest BCUT2D eigenvalue weighted by atomic mass is 9.95. The van der Waals surface area contributed by atoms with Gasteiger partial charge in [-0.05, 0) is 42.8 Å². The maximum absolute atomic E-state index is 13.5. The Bertz CT molecular complexity index is 1530. The minimum Gasteiger partial charge on any atom is -0.507 e. The van der Waals surface area contributed by atoms with E-state index in [0.717, 1.165) is 4.70 Å². The Morgan fingerprint density at radius 3 is 2.46 bits per heavy atom. The molecule has 9 heteroatoms. The molecule has 1 amide bonds. The number of aliphatic hydroxyl groups is 1. The molecule has 0 aliphatic carbocycles. The summed E-state index contributed by atoms with van der Waals surface area (Å²) in [4.78, 5) is 32.9. The quantitative estimate of drug-likeness (QED) is 0.201. The number of thiazole rings is 1. The first kappa shape index (κ1) is 24.3. The van der Waals surface area contributed by atoms with Crippen molar-refractivity contribution in [3.63, 3.8) is 0 Å². The molecule has 37 heavy (non-hydrogen) atoms. The Balaban J connectivity index is 1.72. The largest absolute Gasteiger partial charge is 0.507 e. The molecule has 1 aliphatic heterocycles. The molecule has 1 atom stereocenters. The first-order valence-electron chi connectivity index (χ1n) is 11.6. The summed E-state index contributed by atoms with van der Waals surface area (Å²) in [6.45, 7) is 2.42. The fourth-order valence-corrected chi connectivity index (χ4v) is 5.39. The van der Waals surface area contributed by atoms with Gasteiger partial charge in [0, 0.05) is 5.56 Å². The molecule has 2 heterocycles. The topological polar surface area (TPSA) is 98.2 Å². The fraction of sp³-hybridized carbons (Fsp3) is 0.179. The molecule has 188 valence electrons. The van der Waals surface area contributed by atoms with Crippen molar-refractivity contribution in [3.8, 4) is 17.2 Å². The smallest absolute Gasteiger partial charge is 0.301 e. The first-order valence-corrected chi connectivity index (χ1v) is 12.4. The van der Waals surface area contributed by atoms with Crippen LogP contribution in [0.15, 0.2) is 72.3 Å². The second kappa shape index (κ2) is 9.94. The molecular weight excluding hydrogens is 492 g/mol. The summed E-state index contributed by atoms with van der Waals surface area (Å²) in [6, 6.07) is 18.3. The number of aliphatic hydroxyl groups excluding tert-OH is 1. The Morgan fingerprint density at radius 2 is 1.76 bits per heavy atom. The molecule has 0 saturated carbocycles. The van der Waals surface area contributed by atoms with Crippen LogP contribution in [0, 0.1) is 0 Å². The number of carbonyl (C=O) groups is 2. The van der Waals surface area contributed by atoms with Gasteiger partial charge in [0.05, 0.1) is 42.7 Å². The van der Waals surface area contributed by atoms with Crippen LogP contribution in [0.2, 0.25) is 0 Å². The third kappa shape index (κ3) is 4.27. The van der Waals surface area contributed by atoms with E-state index in [1.807, 2.05) is 25.1 Å². The molecule has 1 aromatic heterocycles. The van der Waals surface area contributed by atoms with Crippen LogP contribution in [-0.4, -0.2) is 42.6 Å². The summed E-state index contributed by atoms with van der Waals surface area (Å²) in [5.41, 5.74) is 1.62. The number of rotatable bonds is 7. The summed E-state index contributed by atoms with van der Waals surface area (Å²) in [5, 5.41) is 11.6. The van der Waals surface area contributed by atoms with Gasteiger partial charge in [0.25, 0.3) is 5.78 Å². The molecule has 5 rings (SSSR count). The highest BCUT2D eigenvalue weighted by Gasteiger charge is 2.48. The first-order chi connectivity index (χ1) is 18.0. The lowest BCUT2D eigenvalue weighted by Gasteiger charge is -2.23. The molecule has 1 saturated heterocycles. The SMILES string of the molecule is CCOc1ccc2nc(N3C(=O)C(=O)/C(=C(/O)c4ccccc4)[C@H]3c3ccc(OC)c(OC)c3)sc2c1. The van der Waals surface area contributed by atoms with Crippen molar-refractivity contribution in [3.05, 3.63) is 83.4 Å². The number of Topliss-reactive ketones (excluding diaryl/α,β-unsaturated/α-hetero) is 1. The monoisotopic (exact) mass is 516 g/mol. The van der Waals surface area contributed by atoms with Gasteiger partial charge in [-0.15, -0.1) is 0 Å². The van der Waals surface area contributed by atoms with E-state index in [1.165, 1.54) is 30.5 Å². The maximum Gasteiger partial charge on any atom is 0.301 e. The van der Waals surface area contributed by atoms with E-state index in [0.29, 0.717) is 45.6 Å². The van der Waals surface area contributed by atoms with Crippen molar-refractivity contribution in [2.45, 2.75) is 13.0 Å². The molecule has 1 N–H and O–H groups in total. The minimum atomic E-state index is -0.938. The highest BCUT2D eigenvalue weighted by molar-refractivity contribution is 7.22. The second-order valence-electron chi connectivity index (χ2n) is 8.21. The number of fused-ring (bicyclic) bond motifs is 1. The van der Waals surface area contributed by atoms with E-state index in [2.05, 4.69) is 4.98 Å². The zero-order chi connectivity index (χ0) is 26.1. The van der Waals surface area contributed by atoms with E-state index in [9.17, 15) is 14.7 Å². The fourth-order valence-electron chi connectivity index (χ4n) is 4.37. The highest BCUT2D eigenvalue weighted by Crippen LogP contribution is 2.46. The number of ketones is 1. The van der Waals surface area contributed by atoms with Crippen molar-refractivity contribution in [2.24, 2.45) is 0 Å². The molecule has 1 fully saturated rings. The molecule has 1 aliphatic rings. The summed E-state index contributed by atoms with van der Waals surface area (Å²) >= 11 is 1.27. The van der Waals surface area contributed by atoms with Gasteiger partial charge in [-0.2, -0.15) is 0 Å². The molecule has 0 radical (unpaired) electrons. The average Bonchev–Trinajstić information content (AvgIpc) is 3.46. The van der Waals surface area contributed by atoms with Gasteiger partial charge in [-0.3, -0.25) is 14.5 Å². The van der Waals surface area contributed by atoms with Crippen molar-refractivity contribution < 1.29 is 28.9 Å². The summed E-state index contributed by atoms with van der Waals surface area (Å²) in [6.07, 6.45) is 0. The van der Waals surface area contributed by atoms with Crippen LogP contribution in [0.4, 0.5) is 5.13 Å². The van der Waals surface area contributed by atoms with Crippen LogP contribution in [-0.2, 0) is 9.59 Å². The van der Waals surface area contributed by atoms with Gasteiger partial charge in [-0.1, -0.05) is 47.7 Å². The van der Waals surface area contributed by atoms with Crippen LogP contribution in [0.1, 0.15) is 24.1 Å². The molecule has 3 aromatic carbocycles.